The SMILES string of the molecule is O=C(Cc1cc(-c2cccs2)on1)Nc1cccc(C(F)(F)F)c1. The summed E-state index contributed by atoms with van der Waals surface area (Å²) in [5.74, 6) is 0.0761. The van der Waals surface area contributed by atoms with Gasteiger partial charge in [-0.1, -0.05) is 17.3 Å². The van der Waals surface area contributed by atoms with Crippen molar-refractivity contribution in [2.75, 3.05) is 5.32 Å². The number of anilines is 1. The minimum atomic E-state index is -4.46. The molecule has 0 bridgehead atoms. The van der Waals surface area contributed by atoms with Gasteiger partial charge in [-0.2, -0.15) is 13.2 Å². The highest BCUT2D eigenvalue weighted by molar-refractivity contribution is 7.13. The summed E-state index contributed by atoms with van der Waals surface area (Å²) in [6.07, 6.45) is -4.55. The molecule has 0 fully saturated rings. The number of hydrogen-bond acceptors (Lipinski definition) is 4. The summed E-state index contributed by atoms with van der Waals surface area (Å²) in [4.78, 5) is 12.8. The average molecular weight is 352 g/mol. The van der Waals surface area contributed by atoms with Gasteiger partial charge in [0.2, 0.25) is 5.91 Å². The van der Waals surface area contributed by atoms with Crippen molar-refractivity contribution < 1.29 is 22.5 Å². The van der Waals surface area contributed by atoms with Gasteiger partial charge < -0.3 is 9.84 Å². The van der Waals surface area contributed by atoms with Gasteiger partial charge in [-0.3, -0.25) is 4.79 Å². The third-order valence-electron chi connectivity index (χ3n) is 3.14. The van der Waals surface area contributed by atoms with Crippen molar-refractivity contribution >= 4 is 22.9 Å². The van der Waals surface area contributed by atoms with Crippen LogP contribution in [-0.4, -0.2) is 11.1 Å². The van der Waals surface area contributed by atoms with E-state index in [9.17, 15) is 18.0 Å². The lowest BCUT2D eigenvalue weighted by molar-refractivity contribution is -0.137. The molecule has 124 valence electrons. The van der Waals surface area contributed by atoms with Gasteiger partial charge in [-0.05, 0) is 29.6 Å². The number of aromatic nitrogens is 1. The van der Waals surface area contributed by atoms with E-state index in [1.807, 2.05) is 17.5 Å². The fraction of sp³-hybridized carbons (Fsp3) is 0.125. The molecule has 1 N–H and O–H groups in total. The Kier molecular flexibility index (Phi) is 4.39. The number of halogens is 3. The molecule has 4 nitrogen and oxygen atoms in total. The zero-order valence-electron chi connectivity index (χ0n) is 12.1. The van der Waals surface area contributed by atoms with Crippen molar-refractivity contribution in [3.63, 3.8) is 0 Å². The lowest BCUT2D eigenvalue weighted by Gasteiger charge is -2.09. The van der Waals surface area contributed by atoms with Gasteiger partial charge in [0.1, 0.15) is 0 Å². The first-order valence-electron chi connectivity index (χ1n) is 6.88. The molecule has 0 aliphatic heterocycles. The number of carbonyl (C=O) groups excluding carboxylic acids is 1. The minimum Gasteiger partial charge on any atom is -0.355 e. The summed E-state index contributed by atoms with van der Waals surface area (Å²) in [6, 6.07) is 9.83. The third kappa shape index (κ3) is 3.83. The van der Waals surface area contributed by atoms with Crippen LogP contribution in [0.5, 0.6) is 0 Å². The van der Waals surface area contributed by atoms with E-state index in [4.69, 9.17) is 4.52 Å². The molecule has 0 saturated heterocycles. The first-order valence-corrected chi connectivity index (χ1v) is 7.76. The van der Waals surface area contributed by atoms with E-state index in [0.29, 0.717) is 11.5 Å². The van der Waals surface area contributed by atoms with Gasteiger partial charge in [-0.25, -0.2) is 0 Å². The normalized spacial score (nSPS) is 11.5. The fourth-order valence-electron chi connectivity index (χ4n) is 2.07. The van der Waals surface area contributed by atoms with Crippen LogP contribution >= 0.6 is 11.3 Å². The van der Waals surface area contributed by atoms with Crippen LogP contribution in [0.25, 0.3) is 10.6 Å². The fourth-order valence-corrected chi connectivity index (χ4v) is 2.75. The molecule has 1 amide bonds. The Hall–Kier alpha value is -2.61. The molecule has 8 heteroatoms. The van der Waals surface area contributed by atoms with Crippen molar-refractivity contribution in [2.24, 2.45) is 0 Å². The molecule has 0 unspecified atom stereocenters. The Morgan fingerprint density at radius 2 is 2.04 bits per heavy atom. The number of amides is 1. The Morgan fingerprint density at radius 3 is 2.75 bits per heavy atom. The molecule has 0 saturated carbocycles. The lowest BCUT2D eigenvalue weighted by atomic mass is 10.2. The van der Waals surface area contributed by atoms with Gasteiger partial charge in [0, 0.05) is 11.8 Å². The maximum absolute atomic E-state index is 12.7. The molecular weight excluding hydrogens is 341 g/mol. The molecule has 1 aromatic carbocycles. The number of nitrogens with one attached hydrogen (secondary N) is 1. The molecule has 0 atom stereocenters. The second-order valence-electron chi connectivity index (χ2n) is 4.96. The Balaban J connectivity index is 1.66. The molecular formula is C16H11F3N2O2S. The number of carbonyl (C=O) groups is 1. The van der Waals surface area contributed by atoms with Crippen molar-refractivity contribution in [1.82, 2.24) is 5.16 Å². The molecule has 0 spiro atoms. The van der Waals surface area contributed by atoms with Gasteiger partial charge in [0.25, 0.3) is 0 Å². The molecule has 3 rings (SSSR count). The van der Waals surface area contributed by atoms with Crippen LogP contribution in [0, 0.1) is 0 Å². The largest absolute Gasteiger partial charge is 0.416 e. The van der Waals surface area contributed by atoms with Crippen molar-refractivity contribution in [2.45, 2.75) is 12.6 Å². The van der Waals surface area contributed by atoms with Crippen LogP contribution in [0.4, 0.5) is 18.9 Å². The molecule has 2 aromatic heterocycles. The first-order chi connectivity index (χ1) is 11.4. The smallest absolute Gasteiger partial charge is 0.355 e. The highest BCUT2D eigenvalue weighted by Gasteiger charge is 2.30. The highest BCUT2D eigenvalue weighted by Crippen LogP contribution is 2.30. The van der Waals surface area contributed by atoms with Crippen molar-refractivity contribution in [1.29, 1.82) is 0 Å². The van der Waals surface area contributed by atoms with E-state index < -0.39 is 17.6 Å². The zero-order chi connectivity index (χ0) is 17.2. The first kappa shape index (κ1) is 16.3. The number of rotatable bonds is 4. The quantitative estimate of drug-likeness (QED) is 0.746. The van der Waals surface area contributed by atoms with Gasteiger partial charge in [-0.15, -0.1) is 11.3 Å². The Bertz CT molecular complexity index is 841. The number of alkyl halides is 3. The standard InChI is InChI=1S/C16H11F3N2O2S/c17-16(18,19)10-3-1-4-11(7-10)20-15(22)9-12-8-13(23-21-12)14-5-2-6-24-14/h1-8H,9H2,(H,20,22). The number of benzene rings is 1. The van der Waals surface area contributed by atoms with E-state index in [-0.39, 0.29) is 12.1 Å². The van der Waals surface area contributed by atoms with E-state index in [1.165, 1.54) is 23.5 Å². The van der Waals surface area contributed by atoms with Crippen LogP contribution < -0.4 is 5.32 Å². The number of thiophene rings is 1. The van der Waals surface area contributed by atoms with Crippen LogP contribution in [0.1, 0.15) is 11.3 Å². The van der Waals surface area contributed by atoms with Gasteiger partial charge >= 0.3 is 6.18 Å². The average Bonchev–Trinajstić information content (AvgIpc) is 3.17. The van der Waals surface area contributed by atoms with E-state index in [0.717, 1.165) is 17.0 Å². The van der Waals surface area contributed by atoms with Gasteiger partial charge in [0.15, 0.2) is 5.76 Å². The maximum atomic E-state index is 12.7. The summed E-state index contributed by atoms with van der Waals surface area (Å²) >= 11 is 1.47. The summed E-state index contributed by atoms with van der Waals surface area (Å²) in [6.45, 7) is 0. The van der Waals surface area contributed by atoms with Crippen molar-refractivity contribution in [3.8, 4) is 10.6 Å². The summed E-state index contributed by atoms with van der Waals surface area (Å²) in [7, 11) is 0. The monoisotopic (exact) mass is 352 g/mol. The van der Waals surface area contributed by atoms with Gasteiger partial charge in [0.05, 0.1) is 22.6 Å². The topological polar surface area (TPSA) is 55.1 Å². The Labute approximate surface area is 138 Å². The predicted molar refractivity (Wildman–Crippen MR) is 83.6 cm³/mol. The lowest BCUT2D eigenvalue weighted by Crippen LogP contribution is -2.15. The second kappa shape index (κ2) is 6.48. The molecule has 0 radical (unpaired) electrons. The predicted octanol–water partition coefficient (Wildman–Crippen LogP) is 4.60. The minimum absolute atomic E-state index is 0.0804. The van der Waals surface area contributed by atoms with Crippen LogP contribution in [0.3, 0.4) is 0 Å². The molecule has 2 heterocycles. The van der Waals surface area contributed by atoms with Crippen molar-refractivity contribution in [3.05, 3.63) is 59.1 Å². The summed E-state index contributed by atoms with van der Waals surface area (Å²) in [5.41, 5.74) is -0.332. The van der Waals surface area contributed by atoms with Crippen LogP contribution in [0.15, 0.2) is 52.4 Å². The molecule has 0 aliphatic rings. The molecule has 24 heavy (non-hydrogen) atoms. The van der Waals surface area contributed by atoms with E-state index in [1.54, 1.807) is 6.07 Å². The van der Waals surface area contributed by atoms with E-state index >= 15 is 0 Å². The zero-order valence-corrected chi connectivity index (χ0v) is 12.9. The highest BCUT2D eigenvalue weighted by atomic mass is 32.1. The van der Waals surface area contributed by atoms with Crippen LogP contribution in [-0.2, 0) is 17.4 Å². The number of nitrogens with zero attached hydrogens (tertiary/aromatic N) is 1. The summed E-state index contributed by atoms with van der Waals surface area (Å²) < 4.78 is 43.1. The molecule has 0 aliphatic carbocycles. The van der Waals surface area contributed by atoms with Crippen LogP contribution in [0.2, 0.25) is 0 Å². The third-order valence-corrected chi connectivity index (χ3v) is 4.02. The second-order valence-corrected chi connectivity index (χ2v) is 5.91. The maximum Gasteiger partial charge on any atom is 0.416 e. The number of hydrogen-bond donors (Lipinski definition) is 1. The molecule has 3 aromatic rings. The Morgan fingerprint density at radius 1 is 1.21 bits per heavy atom. The summed E-state index contributed by atoms with van der Waals surface area (Å²) in [5, 5.41) is 8.12. The van der Waals surface area contributed by atoms with E-state index in [2.05, 4.69) is 10.5 Å².